The van der Waals surface area contributed by atoms with Gasteiger partial charge in [-0.25, -0.2) is 24.7 Å². The first kappa shape index (κ1) is 111. The highest BCUT2D eigenvalue weighted by molar-refractivity contribution is 6.32. The van der Waals surface area contributed by atoms with Crippen LogP contribution in [0, 0.1) is 65.0 Å². The van der Waals surface area contributed by atoms with Crippen LogP contribution >= 0.6 is 34.8 Å². The van der Waals surface area contributed by atoms with Crippen molar-refractivity contribution in [1.82, 2.24) is 44.9 Å². The summed E-state index contributed by atoms with van der Waals surface area (Å²) < 4.78 is 222. The van der Waals surface area contributed by atoms with Crippen molar-refractivity contribution in [1.29, 1.82) is 0 Å². The molecular formula is C96H104Cl3F15N14O16. The normalized spacial score (nSPS) is 17.5. The van der Waals surface area contributed by atoms with Gasteiger partial charge in [0.25, 0.3) is 0 Å². The van der Waals surface area contributed by atoms with E-state index in [0.717, 1.165) is 154 Å². The molecule has 10 aliphatic rings. The summed E-state index contributed by atoms with van der Waals surface area (Å²) in [6.45, 7) is 17.6. The second kappa shape index (κ2) is 46.0. The number of ether oxygens (including phenoxy) is 6. The standard InChI is InChI=1S/C22H21ClF6N4O2.C20H26N2O5.C17H17F3N2O4.C17H21F3N2O2.C15H18N2O3.C5HCl2F3N2/c1-11-8-16(31-20-30-10-15(18(23)32-20)21(24,25)26)17(35-13-2-3-13)9-14(11)12-4-6-33(7-5-12)19(34)22(27,28)29;1-13-11-17(22(24)25)18(26-15-5-6-15)12-16(13)14-7-9-21(10-8-14)19(23)27-20(2,3)4;1-10-8-14(22(24)25)15(26-12-2-3-12)9-13(10)11-4-6-21(7-5-11)16(23)17(18,19)20;1-10-8-14(21)15(24-12-2-3-12)9-13(10)11-4-6-22(7-5-11)16(23)17(18,19)20;1-10-8-14(17(18)19)15(20-12-2-3-12)9-13(10)11-4-6-16-7-5-11;6-3-2(5(8,9)10)1-11-4(7)12-3/h8-10,12-13H,2-7H2,1H3,(H,30,31,32);7,11-12,15H,5-6,8-10H2,1-4H3;4,8-9,12H,2-3,5-7H2,1H3;8-9,11-12H,2-7,21H2,1H3;4,8-9,12,16H,2-3,5-7H2,1H3;1H. The SMILES string of the molecule is Cc1cc(N)c(OC2CC2)cc1C1CCN(C(=O)C(F)(F)F)CC1.Cc1cc(Nc2ncc(C(F)(F)F)c(Cl)n2)c(OC2CC2)cc1C1CCN(C(=O)C(F)(F)F)CC1.Cc1cc([N+](=O)[O-])c(OC2CC2)cc1C1=CCN(C(=O)C(F)(F)F)CC1.Cc1cc([N+](=O)[O-])c(OC2CC2)cc1C1=CCN(C(=O)OC(C)(C)C)CC1.Cc1cc([N+](=O)[O-])c(OC2CC2)cc1C1=CCNCC1.FC(F)(F)c1cnc(Cl)nc1Cl. The van der Waals surface area contributed by atoms with Gasteiger partial charge in [0, 0.05) is 89.5 Å². The molecule has 5 aliphatic heterocycles. The van der Waals surface area contributed by atoms with Crippen LogP contribution in [0.1, 0.15) is 209 Å². The number of carbonyl (C=O) groups is 4. The Kier molecular flexibility index (Phi) is 35.3. The number of benzene rings is 5. The van der Waals surface area contributed by atoms with Gasteiger partial charge in [0.05, 0.1) is 56.7 Å². The lowest BCUT2D eigenvalue weighted by Crippen LogP contribution is -2.45. The predicted molar refractivity (Wildman–Crippen MR) is 501 cm³/mol. The third kappa shape index (κ3) is 30.9. The number of nitro groups is 3. The smallest absolute Gasteiger partial charge is 0.471 e. The van der Waals surface area contributed by atoms with E-state index < -0.39 is 85.5 Å². The lowest BCUT2D eigenvalue weighted by atomic mass is 9.86. The number of nitrogens with two attached hydrogens (primary N) is 1. The van der Waals surface area contributed by atoms with E-state index in [1.54, 1.807) is 54.3 Å². The van der Waals surface area contributed by atoms with Crippen molar-refractivity contribution >= 4 is 110 Å². The van der Waals surface area contributed by atoms with Crippen LogP contribution in [0.5, 0.6) is 28.7 Å². The van der Waals surface area contributed by atoms with E-state index in [9.17, 15) is 115 Å². The topological polar surface area (TPSA) is 368 Å². The van der Waals surface area contributed by atoms with E-state index in [1.807, 2.05) is 72.7 Å². The molecule has 0 unspecified atom stereocenters. The molecule has 17 rings (SSSR count). The van der Waals surface area contributed by atoms with E-state index in [0.29, 0.717) is 103 Å². The minimum atomic E-state index is -4.90. The highest BCUT2D eigenvalue weighted by Gasteiger charge is 2.48. The van der Waals surface area contributed by atoms with Crippen molar-refractivity contribution in [3.63, 3.8) is 0 Å². The number of likely N-dealkylation sites (tertiary alicyclic amines) is 2. The first-order valence-corrected chi connectivity index (χ1v) is 47.3. The summed E-state index contributed by atoms with van der Waals surface area (Å²) in [6, 6.07) is 17.1. The molecule has 7 fully saturated rings. The third-order valence-electron chi connectivity index (χ3n) is 24.3. The first-order chi connectivity index (χ1) is 67.4. The van der Waals surface area contributed by atoms with E-state index in [4.69, 9.17) is 69.0 Å². The highest BCUT2D eigenvalue weighted by atomic mass is 35.5. The summed E-state index contributed by atoms with van der Waals surface area (Å²) in [5.74, 6) is -3.53. The number of hydrogen-bond donors (Lipinski definition) is 3. The lowest BCUT2D eigenvalue weighted by Gasteiger charge is -2.33. The van der Waals surface area contributed by atoms with Gasteiger partial charge in [0.1, 0.15) is 38.5 Å². The minimum absolute atomic E-state index is 0.00512. The molecule has 7 heterocycles. The Bertz CT molecular complexity index is 6030. The molecular weight excluding hydrogens is 2000 g/mol. The van der Waals surface area contributed by atoms with Crippen LogP contribution in [-0.4, -0.2) is 198 Å². The van der Waals surface area contributed by atoms with Crippen LogP contribution in [0.25, 0.3) is 16.7 Å². The summed E-state index contributed by atoms with van der Waals surface area (Å²) in [5.41, 5.74) is 16.2. The molecule has 2 aromatic heterocycles. The molecule has 30 nitrogen and oxygen atoms in total. The highest BCUT2D eigenvalue weighted by Crippen LogP contribution is 2.48. The largest absolute Gasteiger partial charge is 0.488 e. The molecule has 0 atom stereocenters. The molecule has 48 heteroatoms. The average Bonchev–Trinajstić information content (AvgIpc) is 1.38. The molecule has 780 valence electrons. The molecule has 0 radical (unpaired) electrons. The fourth-order valence-electron chi connectivity index (χ4n) is 16.2. The van der Waals surface area contributed by atoms with Gasteiger partial charge in [0.2, 0.25) is 11.2 Å². The van der Waals surface area contributed by atoms with Crippen LogP contribution in [0.15, 0.2) is 91.3 Å². The first-order valence-electron chi connectivity index (χ1n) is 46.2. The second-order valence-corrected chi connectivity index (χ2v) is 38.1. The number of nitrogens with zero attached hydrogens (tertiary/aromatic N) is 11. The Morgan fingerprint density at radius 2 is 0.785 bits per heavy atom. The molecule has 5 saturated carbocycles. The van der Waals surface area contributed by atoms with E-state index in [2.05, 4.69) is 36.6 Å². The maximum Gasteiger partial charge on any atom is 0.471 e. The Balaban J connectivity index is 0.000000157. The van der Waals surface area contributed by atoms with Gasteiger partial charge in [-0.15, -0.1) is 0 Å². The van der Waals surface area contributed by atoms with Crippen LogP contribution in [0.3, 0.4) is 0 Å². The molecule has 0 spiro atoms. The fraction of sp³-hybridized carbons (Fsp3) is 0.500. The third-order valence-corrected chi connectivity index (χ3v) is 25.1. The number of hydrogen-bond acceptors (Lipinski definition) is 23. The summed E-state index contributed by atoms with van der Waals surface area (Å²) in [6.07, 6.45) is -3.96. The number of aryl methyl sites for hydroxylation is 5. The summed E-state index contributed by atoms with van der Waals surface area (Å²) in [4.78, 5) is 96.7. The molecule has 5 aliphatic carbocycles. The number of amides is 4. The molecule has 0 bridgehead atoms. The number of anilines is 3. The zero-order valence-electron chi connectivity index (χ0n) is 79.1. The minimum Gasteiger partial charge on any atom is -0.488 e. The van der Waals surface area contributed by atoms with Crippen LogP contribution < -0.4 is 40.1 Å². The lowest BCUT2D eigenvalue weighted by molar-refractivity contribution is -0.386. The van der Waals surface area contributed by atoms with Gasteiger partial charge < -0.3 is 64.4 Å². The number of aromatic nitrogens is 4. The molecule has 5 aromatic carbocycles. The van der Waals surface area contributed by atoms with Gasteiger partial charge in [-0.05, 0) is 309 Å². The van der Waals surface area contributed by atoms with Crippen molar-refractivity contribution in [2.24, 2.45) is 0 Å². The van der Waals surface area contributed by atoms with Crippen molar-refractivity contribution in [3.05, 3.63) is 204 Å². The maximum absolute atomic E-state index is 12.9. The Morgan fingerprint density at radius 3 is 1.12 bits per heavy atom. The van der Waals surface area contributed by atoms with E-state index in [-0.39, 0.29) is 133 Å². The number of carbonyl (C=O) groups excluding carboxylic acids is 4. The number of alkyl halides is 15. The van der Waals surface area contributed by atoms with Gasteiger partial charge in [-0.3, -0.25) is 44.7 Å². The molecule has 4 amide bonds. The monoisotopic (exact) mass is 2100 g/mol. The number of rotatable bonds is 20. The van der Waals surface area contributed by atoms with Crippen LogP contribution in [0.4, 0.5) is 105 Å². The summed E-state index contributed by atoms with van der Waals surface area (Å²) >= 11 is 16.0. The maximum atomic E-state index is 12.9. The average molecular weight is 2100 g/mol. The van der Waals surface area contributed by atoms with Gasteiger partial charge >= 0.3 is 71.8 Å². The van der Waals surface area contributed by atoms with Crippen molar-refractivity contribution in [2.75, 3.05) is 76.5 Å². The van der Waals surface area contributed by atoms with Gasteiger partial charge in [0.15, 0.2) is 17.2 Å². The van der Waals surface area contributed by atoms with Gasteiger partial charge in [-0.2, -0.15) is 65.9 Å². The summed E-state index contributed by atoms with van der Waals surface area (Å²) in [5, 5.41) is 38.1. The van der Waals surface area contributed by atoms with Crippen molar-refractivity contribution < 1.29 is 128 Å². The van der Waals surface area contributed by atoms with Crippen LogP contribution in [0.2, 0.25) is 15.6 Å². The quantitative estimate of drug-likeness (QED) is 0.0159. The number of nitrogen functional groups attached to an aromatic ring is 1. The molecule has 4 N–H and O–H groups in total. The Hall–Kier alpha value is -12.3. The van der Waals surface area contributed by atoms with E-state index in [1.165, 1.54) is 11.6 Å². The second-order valence-electron chi connectivity index (χ2n) is 37.0. The molecule has 7 aromatic rings. The molecule has 144 heavy (non-hydrogen) atoms. The summed E-state index contributed by atoms with van der Waals surface area (Å²) in [7, 11) is 0. The number of nitrogens with one attached hydrogen (secondary N) is 2. The zero-order valence-corrected chi connectivity index (χ0v) is 81.4. The van der Waals surface area contributed by atoms with Gasteiger partial charge in [-0.1, -0.05) is 41.4 Å². The zero-order chi connectivity index (χ0) is 105. The van der Waals surface area contributed by atoms with Crippen LogP contribution in [-0.2, 0) is 31.5 Å². The van der Waals surface area contributed by atoms with E-state index >= 15 is 0 Å². The van der Waals surface area contributed by atoms with Crippen molar-refractivity contribution in [3.8, 4) is 28.7 Å². The predicted octanol–water partition coefficient (Wildman–Crippen LogP) is 23.1. The number of nitro benzene ring substituents is 3. The van der Waals surface area contributed by atoms with Crippen molar-refractivity contribution in [2.45, 2.75) is 243 Å². The fourth-order valence-corrected chi connectivity index (χ4v) is 16.8. The number of halogens is 18. The number of piperidine rings is 2. The Labute approximate surface area is 831 Å². The molecule has 2 saturated heterocycles. The Morgan fingerprint density at radius 1 is 0.431 bits per heavy atom.